The van der Waals surface area contributed by atoms with Crippen molar-refractivity contribution in [1.82, 2.24) is 4.90 Å². The topological polar surface area (TPSA) is 101 Å². The summed E-state index contributed by atoms with van der Waals surface area (Å²) in [6, 6.07) is -1.12. The minimum absolute atomic E-state index is 0.0656. The summed E-state index contributed by atoms with van der Waals surface area (Å²) >= 11 is 0. The van der Waals surface area contributed by atoms with Crippen LogP contribution in [0.3, 0.4) is 0 Å². The van der Waals surface area contributed by atoms with Gasteiger partial charge < -0.3 is 10.8 Å². The lowest BCUT2D eigenvalue weighted by Crippen LogP contribution is -2.49. The van der Waals surface area contributed by atoms with E-state index in [0.717, 1.165) is 4.90 Å². The average molecular weight is 300 g/mol. The molecule has 0 saturated heterocycles. The molecule has 0 radical (unpaired) electrons. The van der Waals surface area contributed by atoms with Crippen molar-refractivity contribution in [2.75, 3.05) is 6.54 Å². The number of aliphatic carboxylic acids is 1. The first-order chi connectivity index (χ1) is 9.70. The van der Waals surface area contributed by atoms with Gasteiger partial charge in [-0.2, -0.15) is 0 Å². The van der Waals surface area contributed by atoms with Crippen LogP contribution in [0.25, 0.3) is 0 Å². The van der Waals surface area contributed by atoms with Gasteiger partial charge in [0.05, 0.1) is 0 Å². The molecule has 0 rings (SSSR count). The molecule has 0 heterocycles. The van der Waals surface area contributed by atoms with Crippen LogP contribution in [0.2, 0.25) is 0 Å². The average Bonchev–Trinajstić information content (AvgIpc) is 2.31. The van der Waals surface area contributed by atoms with Gasteiger partial charge in [-0.3, -0.25) is 14.5 Å². The second kappa shape index (κ2) is 9.50. The van der Waals surface area contributed by atoms with Gasteiger partial charge in [0.1, 0.15) is 6.04 Å². The monoisotopic (exact) mass is 300 g/mol. The van der Waals surface area contributed by atoms with E-state index in [-0.39, 0.29) is 31.1 Å². The van der Waals surface area contributed by atoms with Crippen LogP contribution in [0.4, 0.5) is 0 Å². The summed E-state index contributed by atoms with van der Waals surface area (Å²) in [6.07, 6.45) is 0.976. The third-order valence-electron chi connectivity index (χ3n) is 2.98. The molecule has 6 nitrogen and oxygen atoms in total. The maximum atomic E-state index is 12.3. The fourth-order valence-electron chi connectivity index (χ4n) is 2.06. The van der Waals surface area contributed by atoms with Crippen LogP contribution in [0.1, 0.15) is 53.4 Å². The quantitative estimate of drug-likeness (QED) is 0.674. The molecule has 0 aliphatic rings. The Morgan fingerprint density at radius 2 is 1.43 bits per heavy atom. The van der Waals surface area contributed by atoms with Crippen molar-refractivity contribution in [3.8, 4) is 0 Å². The van der Waals surface area contributed by atoms with E-state index < -0.39 is 23.8 Å². The minimum atomic E-state index is -1.15. The molecule has 2 amide bonds. The summed E-state index contributed by atoms with van der Waals surface area (Å²) in [6.45, 7) is 7.77. The van der Waals surface area contributed by atoms with E-state index in [4.69, 9.17) is 5.73 Å². The summed E-state index contributed by atoms with van der Waals surface area (Å²) in [4.78, 5) is 37.0. The van der Waals surface area contributed by atoms with Crippen LogP contribution in [0.5, 0.6) is 0 Å². The highest BCUT2D eigenvalue weighted by Gasteiger charge is 2.34. The Kier molecular flexibility index (Phi) is 8.85. The van der Waals surface area contributed by atoms with Gasteiger partial charge in [-0.1, -0.05) is 27.7 Å². The highest BCUT2D eigenvalue weighted by Crippen LogP contribution is 2.16. The molecule has 0 aliphatic carbocycles. The van der Waals surface area contributed by atoms with Gasteiger partial charge in [0.2, 0.25) is 11.8 Å². The minimum Gasteiger partial charge on any atom is -0.480 e. The molecule has 122 valence electrons. The summed E-state index contributed by atoms with van der Waals surface area (Å²) < 4.78 is 0. The summed E-state index contributed by atoms with van der Waals surface area (Å²) in [5.74, 6) is -1.86. The van der Waals surface area contributed by atoms with Crippen molar-refractivity contribution >= 4 is 17.8 Å². The van der Waals surface area contributed by atoms with Crippen molar-refractivity contribution in [1.29, 1.82) is 0 Å². The second-order valence-corrected chi connectivity index (χ2v) is 6.14. The first kappa shape index (κ1) is 19.6. The van der Waals surface area contributed by atoms with Gasteiger partial charge in [0, 0.05) is 12.8 Å². The lowest BCUT2D eigenvalue weighted by molar-refractivity contribution is -0.159. The predicted octanol–water partition coefficient (Wildman–Crippen LogP) is 1.63. The standard InChI is InChI=1S/C15H28N2O4/c1-10(2)8-13(18)17(14(19)9-11(3)4)12(15(20)21)6-5-7-16/h10-12H,5-9,16H2,1-4H3,(H,20,21)/t12-/m0/s1. The van der Waals surface area contributed by atoms with Crippen molar-refractivity contribution in [2.45, 2.75) is 59.4 Å². The van der Waals surface area contributed by atoms with E-state index in [1.54, 1.807) is 0 Å². The zero-order valence-corrected chi connectivity index (χ0v) is 13.5. The number of amides is 2. The van der Waals surface area contributed by atoms with E-state index >= 15 is 0 Å². The van der Waals surface area contributed by atoms with Crippen molar-refractivity contribution in [3.63, 3.8) is 0 Å². The van der Waals surface area contributed by atoms with Gasteiger partial charge in [0.15, 0.2) is 0 Å². The molecule has 0 unspecified atom stereocenters. The van der Waals surface area contributed by atoms with Crippen LogP contribution in [-0.4, -0.2) is 40.4 Å². The Labute approximate surface area is 126 Å². The molecule has 3 N–H and O–H groups in total. The molecule has 0 aromatic rings. The van der Waals surface area contributed by atoms with E-state index in [0.29, 0.717) is 13.0 Å². The van der Waals surface area contributed by atoms with E-state index in [2.05, 4.69) is 0 Å². The van der Waals surface area contributed by atoms with E-state index in [1.165, 1.54) is 0 Å². The Morgan fingerprint density at radius 3 is 1.71 bits per heavy atom. The smallest absolute Gasteiger partial charge is 0.326 e. The highest BCUT2D eigenvalue weighted by atomic mass is 16.4. The number of hydrogen-bond donors (Lipinski definition) is 2. The number of carbonyl (C=O) groups is 3. The lowest BCUT2D eigenvalue weighted by Gasteiger charge is -2.28. The SMILES string of the molecule is CC(C)CC(=O)N(C(=O)CC(C)C)[C@@H](CCCN)C(=O)O. The van der Waals surface area contributed by atoms with Crippen LogP contribution in [-0.2, 0) is 14.4 Å². The van der Waals surface area contributed by atoms with Crippen LogP contribution < -0.4 is 5.73 Å². The molecule has 0 fully saturated rings. The summed E-state index contributed by atoms with van der Waals surface area (Å²) in [7, 11) is 0. The highest BCUT2D eigenvalue weighted by molar-refractivity contribution is 5.99. The molecule has 0 spiro atoms. The molecule has 0 aromatic carbocycles. The molecule has 0 bridgehead atoms. The Bertz CT molecular complexity index is 345. The fourth-order valence-corrected chi connectivity index (χ4v) is 2.06. The molecule has 6 heteroatoms. The number of rotatable bonds is 9. The summed E-state index contributed by atoms with van der Waals surface area (Å²) in [5.41, 5.74) is 5.41. The van der Waals surface area contributed by atoms with E-state index in [9.17, 15) is 19.5 Å². The molecular weight excluding hydrogens is 272 g/mol. The molecule has 0 aromatic heterocycles. The number of imide groups is 1. The predicted molar refractivity (Wildman–Crippen MR) is 80.5 cm³/mol. The van der Waals surface area contributed by atoms with Crippen LogP contribution in [0.15, 0.2) is 0 Å². The number of carbonyl (C=O) groups excluding carboxylic acids is 2. The normalized spacial score (nSPS) is 12.5. The largest absolute Gasteiger partial charge is 0.480 e. The third kappa shape index (κ3) is 7.22. The van der Waals surface area contributed by atoms with E-state index in [1.807, 2.05) is 27.7 Å². The zero-order valence-electron chi connectivity index (χ0n) is 13.5. The number of nitrogens with two attached hydrogens (primary N) is 1. The van der Waals surface area contributed by atoms with Crippen LogP contribution >= 0.6 is 0 Å². The Morgan fingerprint density at radius 1 is 1.00 bits per heavy atom. The van der Waals surface area contributed by atoms with Gasteiger partial charge in [-0.25, -0.2) is 4.79 Å². The third-order valence-corrected chi connectivity index (χ3v) is 2.98. The van der Waals surface area contributed by atoms with Gasteiger partial charge in [-0.15, -0.1) is 0 Å². The maximum Gasteiger partial charge on any atom is 0.326 e. The number of carboxylic acid groups (broad SMARTS) is 1. The fraction of sp³-hybridized carbons (Fsp3) is 0.800. The lowest BCUT2D eigenvalue weighted by atomic mass is 10.0. The molecular formula is C15H28N2O4. The Hall–Kier alpha value is -1.43. The number of carboxylic acids is 1. The van der Waals surface area contributed by atoms with Crippen molar-refractivity contribution in [2.24, 2.45) is 17.6 Å². The first-order valence-electron chi connectivity index (χ1n) is 7.48. The Balaban J connectivity index is 5.27. The van der Waals surface area contributed by atoms with Gasteiger partial charge in [-0.05, 0) is 31.2 Å². The number of hydrogen-bond acceptors (Lipinski definition) is 4. The van der Waals surface area contributed by atoms with Crippen molar-refractivity contribution < 1.29 is 19.5 Å². The first-order valence-corrected chi connectivity index (χ1v) is 7.48. The number of nitrogens with zero attached hydrogens (tertiary/aromatic N) is 1. The van der Waals surface area contributed by atoms with Gasteiger partial charge >= 0.3 is 5.97 Å². The maximum absolute atomic E-state index is 12.3. The zero-order chi connectivity index (χ0) is 16.6. The van der Waals surface area contributed by atoms with Crippen LogP contribution in [0, 0.1) is 11.8 Å². The molecule has 1 atom stereocenters. The van der Waals surface area contributed by atoms with Gasteiger partial charge in [0.25, 0.3) is 0 Å². The van der Waals surface area contributed by atoms with Crippen molar-refractivity contribution in [3.05, 3.63) is 0 Å². The molecule has 0 aliphatic heterocycles. The second-order valence-electron chi connectivity index (χ2n) is 6.14. The molecule has 0 saturated carbocycles. The summed E-state index contributed by atoms with van der Waals surface area (Å²) in [5, 5.41) is 9.35. The molecule has 21 heavy (non-hydrogen) atoms.